The van der Waals surface area contributed by atoms with Crippen molar-refractivity contribution in [1.82, 2.24) is 9.97 Å². The Hall–Kier alpha value is -4.14. The summed E-state index contributed by atoms with van der Waals surface area (Å²) in [7, 11) is 1.45. The Morgan fingerprint density at radius 1 is 1.19 bits per heavy atom. The summed E-state index contributed by atoms with van der Waals surface area (Å²) in [6.07, 6.45) is 2.77. The van der Waals surface area contributed by atoms with E-state index in [0.717, 1.165) is 5.56 Å². The number of hydrogen-bond acceptors (Lipinski definition) is 7. The van der Waals surface area contributed by atoms with Gasteiger partial charge in [0.2, 0.25) is 0 Å². The molecule has 0 radical (unpaired) electrons. The molecule has 9 nitrogen and oxygen atoms in total. The molecule has 3 rings (SSSR count). The number of nitrogens with one attached hydrogen (secondary N) is 1. The van der Waals surface area contributed by atoms with E-state index in [9.17, 15) is 14.4 Å². The highest BCUT2D eigenvalue weighted by molar-refractivity contribution is 5.87. The second-order valence-electron chi connectivity index (χ2n) is 6.59. The number of nitrogens with two attached hydrogens (primary N) is 1. The van der Waals surface area contributed by atoms with E-state index in [1.165, 1.54) is 19.3 Å². The number of carbonyl (C=O) groups is 2. The van der Waals surface area contributed by atoms with Crippen molar-refractivity contribution in [2.75, 3.05) is 13.7 Å². The summed E-state index contributed by atoms with van der Waals surface area (Å²) in [5.41, 5.74) is 6.84. The van der Waals surface area contributed by atoms with Crippen LogP contribution >= 0.6 is 0 Å². The van der Waals surface area contributed by atoms with Crippen LogP contribution in [0.1, 0.15) is 17.0 Å². The van der Waals surface area contributed by atoms with Gasteiger partial charge in [-0.25, -0.2) is 9.78 Å². The van der Waals surface area contributed by atoms with Gasteiger partial charge in [-0.1, -0.05) is 18.2 Å². The smallest absolute Gasteiger partial charge is 0.331 e. The summed E-state index contributed by atoms with van der Waals surface area (Å²) in [4.78, 5) is 42.1. The number of nitrogens with zero attached hydrogens (tertiary/aromatic N) is 1. The Kier molecular flexibility index (Phi) is 6.66. The van der Waals surface area contributed by atoms with Gasteiger partial charge in [-0.05, 0) is 42.3 Å². The van der Waals surface area contributed by atoms with Gasteiger partial charge in [0.05, 0.1) is 18.0 Å². The van der Waals surface area contributed by atoms with Crippen LogP contribution in [0, 0.1) is 6.92 Å². The quantitative estimate of drug-likeness (QED) is 0.417. The number of para-hydroxylation sites is 1. The molecule has 0 aliphatic rings. The van der Waals surface area contributed by atoms with E-state index in [4.69, 9.17) is 19.9 Å². The Labute approximate surface area is 177 Å². The molecule has 160 valence electrons. The van der Waals surface area contributed by atoms with Crippen LogP contribution in [0.25, 0.3) is 17.0 Å². The van der Waals surface area contributed by atoms with Gasteiger partial charge in [-0.15, -0.1) is 0 Å². The highest BCUT2D eigenvalue weighted by Gasteiger charge is 2.09. The number of amides is 1. The normalized spacial score (nSPS) is 10.9. The van der Waals surface area contributed by atoms with E-state index in [1.54, 1.807) is 30.3 Å². The third-order valence-electron chi connectivity index (χ3n) is 4.31. The van der Waals surface area contributed by atoms with Crippen LogP contribution in [-0.4, -0.2) is 35.6 Å². The van der Waals surface area contributed by atoms with Gasteiger partial charge >= 0.3 is 5.97 Å². The second kappa shape index (κ2) is 9.57. The molecule has 0 unspecified atom stereocenters. The van der Waals surface area contributed by atoms with E-state index in [2.05, 4.69) is 9.97 Å². The summed E-state index contributed by atoms with van der Waals surface area (Å²) in [5, 5.41) is 0.479. The van der Waals surface area contributed by atoms with E-state index < -0.39 is 11.9 Å². The lowest BCUT2D eigenvalue weighted by atomic mass is 10.1. The fourth-order valence-corrected chi connectivity index (χ4v) is 2.83. The van der Waals surface area contributed by atoms with Crippen molar-refractivity contribution >= 4 is 28.9 Å². The number of fused-ring (bicyclic) bond motifs is 1. The number of rotatable bonds is 8. The fourth-order valence-electron chi connectivity index (χ4n) is 2.83. The summed E-state index contributed by atoms with van der Waals surface area (Å²) in [6.45, 7) is 1.40. The second-order valence-corrected chi connectivity index (χ2v) is 6.59. The number of benzene rings is 2. The number of esters is 1. The molecule has 3 N–H and O–H groups in total. The van der Waals surface area contributed by atoms with Gasteiger partial charge in [-0.3, -0.25) is 9.59 Å². The zero-order valence-electron chi connectivity index (χ0n) is 17.0. The predicted molar refractivity (Wildman–Crippen MR) is 114 cm³/mol. The molecule has 9 heteroatoms. The molecule has 0 aliphatic carbocycles. The van der Waals surface area contributed by atoms with Crippen LogP contribution < -0.4 is 20.8 Å². The van der Waals surface area contributed by atoms with Crippen LogP contribution in [0.15, 0.2) is 47.3 Å². The molecule has 1 aromatic heterocycles. The van der Waals surface area contributed by atoms with Crippen LogP contribution in [0.2, 0.25) is 0 Å². The fraction of sp³-hybridized carbons (Fsp3) is 0.182. The van der Waals surface area contributed by atoms with Crippen molar-refractivity contribution in [3.8, 4) is 11.5 Å². The predicted octanol–water partition coefficient (Wildman–Crippen LogP) is 1.86. The molecule has 0 saturated carbocycles. The summed E-state index contributed by atoms with van der Waals surface area (Å²) >= 11 is 0. The third kappa shape index (κ3) is 5.47. The summed E-state index contributed by atoms with van der Waals surface area (Å²) < 4.78 is 15.6. The number of carbonyl (C=O) groups excluding carboxylic acids is 2. The van der Waals surface area contributed by atoms with E-state index in [0.29, 0.717) is 28.0 Å². The maximum Gasteiger partial charge on any atom is 0.331 e. The maximum absolute atomic E-state index is 12.2. The Morgan fingerprint density at radius 2 is 2.00 bits per heavy atom. The topological polar surface area (TPSA) is 134 Å². The molecule has 0 aliphatic heterocycles. The molecule has 3 aromatic rings. The highest BCUT2D eigenvalue weighted by atomic mass is 16.5. The minimum absolute atomic E-state index is 0.175. The van der Waals surface area contributed by atoms with Gasteiger partial charge in [0.25, 0.3) is 11.5 Å². The van der Waals surface area contributed by atoms with Gasteiger partial charge in [0.15, 0.2) is 18.1 Å². The molecule has 0 bridgehead atoms. The number of aromatic nitrogens is 2. The first-order chi connectivity index (χ1) is 14.9. The standard InChI is InChI=1S/C22H21N3O6/c1-13-4-3-5-15-21(13)24-19(25-22(15)28)12-31-20(27)9-7-14-6-8-16(17(10-14)29-2)30-11-18(23)26/h3-10H,11-12H2,1-2H3,(H2,23,26)(H,24,25,28)/b9-7+. The molecule has 0 spiro atoms. The Morgan fingerprint density at radius 3 is 2.74 bits per heavy atom. The monoisotopic (exact) mass is 423 g/mol. The van der Waals surface area contributed by atoms with Crippen LogP contribution in [0.3, 0.4) is 0 Å². The number of methoxy groups -OCH3 is 1. The lowest BCUT2D eigenvalue weighted by Crippen LogP contribution is -2.20. The SMILES string of the molecule is COc1cc(/C=C/C(=O)OCc2nc3c(C)cccc3c(=O)[nH]2)ccc1OCC(N)=O. The van der Waals surface area contributed by atoms with Crippen LogP contribution in [0.4, 0.5) is 0 Å². The van der Waals surface area contributed by atoms with Gasteiger partial charge < -0.3 is 24.9 Å². The summed E-state index contributed by atoms with van der Waals surface area (Å²) in [5.74, 6) is -0.231. The molecule has 0 fully saturated rings. The van der Waals surface area contributed by atoms with Gasteiger partial charge in [-0.2, -0.15) is 0 Å². The van der Waals surface area contributed by atoms with Crippen LogP contribution in [0.5, 0.6) is 11.5 Å². The van der Waals surface area contributed by atoms with E-state index in [-0.39, 0.29) is 24.6 Å². The van der Waals surface area contributed by atoms with Crippen LogP contribution in [-0.2, 0) is 20.9 Å². The zero-order valence-corrected chi connectivity index (χ0v) is 17.0. The van der Waals surface area contributed by atoms with Crippen molar-refractivity contribution in [3.05, 3.63) is 69.8 Å². The van der Waals surface area contributed by atoms with Crippen molar-refractivity contribution in [1.29, 1.82) is 0 Å². The number of primary amides is 1. The Bertz CT molecular complexity index is 1220. The number of aromatic amines is 1. The molecular formula is C22H21N3O6. The average Bonchev–Trinajstić information content (AvgIpc) is 2.75. The average molecular weight is 423 g/mol. The first-order valence-electron chi connectivity index (χ1n) is 9.30. The van der Waals surface area contributed by atoms with Crippen molar-refractivity contribution in [2.45, 2.75) is 13.5 Å². The lowest BCUT2D eigenvalue weighted by molar-refractivity contribution is -0.139. The minimum Gasteiger partial charge on any atom is -0.493 e. The van der Waals surface area contributed by atoms with E-state index in [1.807, 2.05) is 13.0 Å². The highest BCUT2D eigenvalue weighted by Crippen LogP contribution is 2.28. The number of H-pyrrole nitrogens is 1. The first-order valence-corrected chi connectivity index (χ1v) is 9.30. The lowest BCUT2D eigenvalue weighted by Gasteiger charge is -2.10. The molecule has 31 heavy (non-hydrogen) atoms. The number of aryl methyl sites for hydroxylation is 1. The molecule has 0 atom stereocenters. The molecule has 0 saturated heterocycles. The van der Waals surface area contributed by atoms with Gasteiger partial charge in [0.1, 0.15) is 12.4 Å². The van der Waals surface area contributed by atoms with Crippen molar-refractivity contribution < 1.29 is 23.8 Å². The molecule has 2 aromatic carbocycles. The molecule has 1 amide bonds. The van der Waals surface area contributed by atoms with Crippen molar-refractivity contribution in [3.63, 3.8) is 0 Å². The minimum atomic E-state index is -0.611. The molecular weight excluding hydrogens is 402 g/mol. The third-order valence-corrected chi connectivity index (χ3v) is 4.31. The van der Waals surface area contributed by atoms with E-state index >= 15 is 0 Å². The summed E-state index contributed by atoms with van der Waals surface area (Å²) in [6, 6.07) is 10.2. The maximum atomic E-state index is 12.2. The largest absolute Gasteiger partial charge is 0.493 e. The zero-order chi connectivity index (χ0) is 22.4. The number of ether oxygens (including phenoxy) is 3. The Balaban J connectivity index is 1.66. The molecule has 1 heterocycles. The van der Waals surface area contributed by atoms with Gasteiger partial charge in [0, 0.05) is 6.08 Å². The first kappa shape index (κ1) is 21.6. The van der Waals surface area contributed by atoms with Crippen molar-refractivity contribution in [2.24, 2.45) is 5.73 Å². The number of hydrogen-bond donors (Lipinski definition) is 2.